The van der Waals surface area contributed by atoms with Gasteiger partial charge in [0.05, 0.1) is 5.69 Å². The van der Waals surface area contributed by atoms with Crippen LogP contribution in [0, 0.1) is 6.92 Å². The maximum Gasteiger partial charge on any atom is 0.0952 e. The van der Waals surface area contributed by atoms with Gasteiger partial charge >= 0.3 is 0 Å². The molecule has 0 bridgehead atoms. The van der Waals surface area contributed by atoms with Gasteiger partial charge in [-0.3, -0.25) is 5.10 Å². The van der Waals surface area contributed by atoms with E-state index in [0.29, 0.717) is 5.92 Å². The van der Waals surface area contributed by atoms with Gasteiger partial charge in [-0.2, -0.15) is 5.10 Å². The first-order chi connectivity index (χ1) is 9.25. The van der Waals surface area contributed by atoms with Crippen LogP contribution in [0.2, 0.25) is 0 Å². The van der Waals surface area contributed by atoms with Gasteiger partial charge < -0.3 is 5.32 Å². The Labute approximate surface area is 121 Å². The fourth-order valence-corrected chi connectivity index (χ4v) is 3.07. The molecule has 3 nitrogen and oxygen atoms in total. The van der Waals surface area contributed by atoms with Crippen molar-refractivity contribution < 1.29 is 0 Å². The van der Waals surface area contributed by atoms with Crippen molar-refractivity contribution in [3.63, 3.8) is 0 Å². The standard InChI is InChI=1S/C15H18BrN3/c1-10-14(11-2-4-13(16)5-3-11)18-19-15(10)12-6-8-17-9-7-12/h2-5,12,17H,6-9H2,1H3,(H,18,19). The summed E-state index contributed by atoms with van der Waals surface area (Å²) in [5.74, 6) is 0.623. The number of aromatic amines is 1. The molecule has 2 aromatic rings. The number of hydrogen-bond donors (Lipinski definition) is 2. The maximum absolute atomic E-state index is 4.53. The molecule has 1 saturated heterocycles. The third-order valence-electron chi connectivity index (χ3n) is 3.91. The number of hydrogen-bond acceptors (Lipinski definition) is 2. The normalized spacial score (nSPS) is 16.7. The Kier molecular flexibility index (Phi) is 3.71. The van der Waals surface area contributed by atoms with E-state index in [4.69, 9.17) is 0 Å². The summed E-state index contributed by atoms with van der Waals surface area (Å²) >= 11 is 3.47. The lowest BCUT2D eigenvalue weighted by atomic mass is 9.91. The van der Waals surface area contributed by atoms with Crippen LogP contribution in [0.4, 0.5) is 0 Å². The van der Waals surface area contributed by atoms with Crippen molar-refractivity contribution in [2.75, 3.05) is 13.1 Å². The van der Waals surface area contributed by atoms with Crippen LogP contribution in [0.1, 0.15) is 30.0 Å². The van der Waals surface area contributed by atoms with Crippen molar-refractivity contribution in [3.8, 4) is 11.3 Å². The molecule has 0 spiro atoms. The highest BCUT2D eigenvalue weighted by Crippen LogP contribution is 2.31. The summed E-state index contributed by atoms with van der Waals surface area (Å²) in [5, 5.41) is 11.2. The van der Waals surface area contributed by atoms with Crippen molar-refractivity contribution in [3.05, 3.63) is 40.0 Å². The molecule has 2 N–H and O–H groups in total. The molecule has 1 aliphatic heterocycles. The van der Waals surface area contributed by atoms with Crippen molar-refractivity contribution in [1.29, 1.82) is 0 Å². The molecule has 0 unspecified atom stereocenters. The molecule has 1 aromatic carbocycles. The highest BCUT2D eigenvalue weighted by Gasteiger charge is 2.21. The number of piperidine rings is 1. The molecular weight excluding hydrogens is 302 g/mol. The number of rotatable bonds is 2. The fourth-order valence-electron chi connectivity index (χ4n) is 2.81. The summed E-state index contributed by atoms with van der Waals surface area (Å²) < 4.78 is 1.10. The first kappa shape index (κ1) is 12.9. The lowest BCUT2D eigenvalue weighted by molar-refractivity contribution is 0.451. The number of nitrogens with one attached hydrogen (secondary N) is 2. The second-order valence-corrected chi connectivity index (χ2v) is 6.06. The summed E-state index contributed by atoms with van der Waals surface area (Å²) in [6.45, 7) is 4.39. The van der Waals surface area contributed by atoms with Crippen LogP contribution in [-0.4, -0.2) is 23.3 Å². The minimum Gasteiger partial charge on any atom is -0.317 e. The van der Waals surface area contributed by atoms with Gasteiger partial charge in [0.2, 0.25) is 0 Å². The Balaban J connectivity index is 1.91. The quantitative estimate of drug-likeness (QED) is 0.887. The zero-order valence-electron chi connectivity index (χ0n) is 11.0. The van der Waals surface area contributed by atoms with E-state index in [0.717, 1.165) is 23.3 Å². The van der Waals surface area contributed by atoms with Crippen LogP contribution in [-0.2, 0) is 0 Å². The predicted octanol–water partition coefficient (Wildman–Crippen LogP) is 3.61. The zero-order valence-corrected chi connectivity index (χ0v) is 12.6. The van der Waals surface area contributed by atoms with Gasteiger partial charge in [0.15, 0.2) is 0 Å². The van der Waals surface area contributed by atoms with Crippen LogP contribution in [0.3, 0.4) is 0 Å². The topological polar surface area (TPSA) is 40.7 Å². The monoisotopic (exact) mass is 319 g/mol. The predicted molar refractivity (Wildman–Crippen MR) is 81.3 cm³/mol. The van der Waals surface area contributed by atoms with Gasteiger partial charge in [-0.25, -0.2) is 0 Å². The molecular formula is C15H18BrN3. The molecule has 19 heavy (non-hydrogen) atoms. The van der Waals surface area contributed by atoms with Gasteiger partial charge in [0.1, 0.15) is 0 Å². The molecule has 3 rings (SSSR count). The average Bonchev–Trinajstić information content (AvgIpc) is 2.83. The van der Waals surface area contributed by atoms with Crippen LogP contribution in [0.25, 0.3) is 11.3 Å². The first-order valence-corrected chi connectivity index (χ1v) is 7.56. The summed E-state index contributed by atoms with van der Waals surface area (Å²) in [5.41, 5.74) is 4.88. The second kappa shape index (κ2) is 5.47. The smallest absolute Gasteiger partial charge is 0.0952 e. The van der Waals surface area contributed by atoms with E-state index in [1.54, 1.807) is 0 Å². The Hall–Kier alpha value is -1.13. The highest BCUT2D eigenvalue weighted by atomic mass is 79.9. The minimum atomic E-state index is 0.623. The third kappa shape index (κ3) is 2.60. The molecule has 1 aliphatic rings. The van der Waals surface area contributed by atoms with Gasteiger partial charge in [0.25, 0.3) is 0 Å². The molecule has 1 fully saturated rings. The summed E-state index contributed by atoms with van der Waals surface area (Å²) in [7, 11) is 0. The SMILES string of the molecule is Cc1c(-c2ccc(Br)cc2)n[nH]c1C1CCNCC1. The Bertz CT molecular complexity index is 553. The number of H-pyrrole nitrogens is 1. The van der Waals surface area contributed by atoms with Gasteiger partial charge in [-0.05, 0) is 50.6 Å². The van der Waals surface area contributed by atoms with E-state index in [-0.39, 0.29) is 0 Å². The number of nitrogens with zero attached hydrogens (tertiary/aromatic N) is 1. The first-order valence-electron chi connectivity index (χ1n) is 6.77. The number of aromatic nitrogens is 2. The summed E-state index contributed by atoms with van der Waals surface area (Å²) in [6.07, 6.45) is 2.39. The molecule has 2 heterocycles. The molecule has 0 saturated carbocycles. The number of benzene rings is 1. The molecule has 0 aliphatic carbocycles. The van der Waals surface area contributed by atoms with Crippen LogP contribution in [0.15, 0.2) is 28.7 Å². The van der Waals surface area contributed by atoms with E-state index in [9.17, 15) is 0 Å². The van der Waals surface area contributed by atoms with Crippen molar-refractivity contribution in [2.45, 2.75) is 25.7 Å². The van der Waals surface area contributed by atoms with Crippen LogP contribution < -0.4 is 5.32 Å². The van der Waals surface area contributed by atoms with Crippen molar-refractivity contribution in [1.82, 2.24) is 15.5 Å². The van der Waals surface area contributed by atoms with Crippen LogP contribution in [0.5, 0.6) is 0 Å². The van der Waals surface area contributed by atoms with E-state index in [1.807, 2.05) is 0 Å². The molecule has 1 aromatic heterocycles. The Morgan fingerprint density at radius 1 is 1.16 bits per heavy atom. The molecule has 100 valence electrons. The van der Waals surface area contributed by atoms with Gasteiger partial charge in [0, 0.05) is 21.6 Å². The average molecular weight is 320 g/mol. The van der Waals surface area contributed by atoms with E-state index in [2.05, 4.69) is 62.6 Å². The Morgan fingerprint density at radius 3 is 2.53 bits per heavy atom. The van der Waals surface area contributed by atoms with Gasteiger partial charge in [-0.1, -0.05) is 28.1 Å². The fraction of sp³-hybridized carbons (Fsp3) is 0.400. The van der Waals surface area contributed by atoms with E-state index in [1.165, 1.54) is 29.7 Å². The summed E-state index contributed by atoms with van der Waals surface area (Å²) in [6, 6.07) is 8.35. The molecule has 0 radical (unpaired) electrons. The van der Waals surface area contributed by atoms with Crippen molar-refractivity contribution >= 4 is 15.9 Å². The maximum atomic E-state index is 4.53. The van der Waals surface area contributed by atoms with E-state index >= 15 is 0 Å². The zero-order chi connectivity index (χ0) is 13.2. The minimum absolute atomic E-state index is 0.623. The Morgan fingerprint density at radius 2 is 1.84 bits per heavy atom. The lowest BCUT2D eigenvalue weighted by Crippen LogP contribution is -2.27. The number of halogens is 1. The van der Waals surface area contributed by atoms with E-state index < -0.39 is 0 Å². The lowest BCUT2D eigenvalue weighted by Gasteiger charge is -2.22. The van der Waals surface area contributed by atoms with Gasteiger partial charge in [-0.15, -0.1) is 0 Å². The largest absolute Gasteiger partial charge is 0.317 e. The highest BCUT2D eigenvalue weighted by molar-refractivity contribution is 9.10. The second-order valence-electron chi connectivity index (χ2n) is 5.14. The summed E-state index contributed by atoms with van der Waals surface area (Å²) in [4.78, 5) is 0. The van der Waals surface area contributed by atoms with Crippen LogP contribution >= 0.6 is 15.9 Å². The van der Waals surface area contributed by atoms with Crippen molar-refractivity contribution in [2.24, 2.45) is 0 Å². The molecule has 0 amide bonds. The molecule has 4 heteroatoms. The third-order valence-corrected chi connectivity index (χ3v) is 4.44. The molecule has 0 atom stereocenters.